The molecule has 37 heavy (non-hydrogen) atoms. The maximum Gasteiger partial charge on any atom is 0.342 e. The molecule has 2 fully saturated rings. The predicted octanol–water partition coefficient (Wildman–Crippen LogP) is 5.06. The summed E-state index contributed by atoms with van der Waals surface area (Å²) in [5.41, 5.74) is 0.951. The van der Waals surface area contributed by atoms with Crippen LogP contribution in [0.1, 0.15) is 19.4 Å². The van der Waals surface area contributed by atoms with Crippen LogP contribution in [0.5, 0.6) is 0 Å². The highest BCUT2D eigenvalue weighted by atomic mass is 35.5. The van der Waals surface area contributed by atoms with Crippen LogP contribution in [0.15, 0.2) is 78.9 Å². The van der Waals surface area contributed by atoms with Gasteiger partial charge in [-0.1, -0.05) is 54.1 Å². The molecular weight excluding hydrogens is 490 g/mol. The van der Waals surface area contributed by atoms with Crippen LogP contribution >= 0.6 is 11.6 Å². The Bertz CT molecular complexity index is 1340. The van der Waals surface area contributed by atoms with Gasteiger partial charge in [0.15, 0.2) is 5.41 Å². The van der Waals surface area contributed by atoms with E-state index in [4.69, 9.17) is 16.3 Å². The number of rotatable bonds is 2. The number of imide groups is 2. The van der Waals surface area contributed by atoms with Gasteiger partial charge in [0.05, 0.1) is 29.6 Å². The molecule has 3 aromatic carbocycles. The van der Waals surface area contributed by atoms with Crippen molar-refractivity contribution in [2.75, 3.05) is 21.2 Å². The van der Waals surface area contributed by atoms with Crippen LogP contribution in [0.2, 0.25) is 5.02 Å². The van der Waals surface area contributed by atoms with Gasteiger partial charge in [-0.15, -0.1) is 0 Å². The number of hydrogen-bond donors (Lipinski definition) is 0. The average Bonchev–Trinajstić information content (AvgIpc) is 2.89. The van der Waals surface area contributed by atoms with E-state index < -0.39 is 35.4 Å². The lowest BCUT2D eigenvalue weighted by atomic mass is 9.65. The normalized spacial score (nSPS) is 24.8. The van der Waals surface area contributed by atoms with Crippen LogP contribution in [0.4, 0.5) is 21.9 Å². The van der Waals surface area contributed by atoms with Crippen molar-refractivity contribution >= 4 is 46.5 Å². The fraction of sp³-hybridized carbons (Fsp3) is 0.276. The first-order valence-corrected chi connectivity index (χ1v) is 12.7. The first-order valence-electron chi connectivity index (χ1n) is 12.4. The minimum Gasteiger partial charge on any atom is -0.372 e. The molecule has 188 valence electrons. The largest absolute Gasteiger partial charge is 0.372 e. The Morgan fingerprint density at radius 2 is 1.41 bits per heavy atom. The van der Waals surface area contributed by atoms with E-state index in [2.05, 4.69) is 4.90 Å². The Labute approximate surface area is 220 Å². The Hall–Kier alpha value is -3.68. The molecule has 3 aliphatic rings. The van der Waals surface area contributed by atoms with Gasteiger partial charge in [-0.3, -0.25) is 9.59 Å². The molecular formula is C29H26ClN3O4. The summed E-state index contributed by atoms with van der Waals surface area (Å²) >= 11 is 6.39. The number of carbonyl (C=O) groups excluding carboxylic acids is 3. The summed E-state index contributed by atoms with van der Waals surface area (Å²) in [5, 5.41) is 0.577. The highest BCUT2D eigenvalue weighted by molar-refractivity contribution is 6.39. The van der Waals surface area contributed by atoms with Crippen LogP contribution in [0, 0.1) is 5.41 Å². The third-order valence-corrected chi connectivity index (χ3v) is 7.83. The average molecular weight is 516 g/mol. The van der Waals surface area contributed by atoms with Gasteiger partial charge in [0.2, 0.25) is 0 Å². The van der Waals surface area contributed by atoms with Gasteiger partial charge in [0.1, 0.15) is 0 Å². The van der Waals surface area contributed by atoms with E-state index in [0.717, 1.165) is 21.1 Å². The second-order valence-corrected chi connectivity index (χ2v) is 10.3. The zero-order valence-corrected chi connectivity index (χ0v) is 21.3. The third kappa shape index (κ3) is 3.49. The van der Waals surface area contributed by atoms with E-state index >= 15 is 0 Å². The molecule has 3 heterocycles. The van der Waals surface area contributed by atoms with Crippen LogP contribution < -0.4 is 14.7 Å². The summed E-state index contributed by atoms with van der Waals surface area (Å²) in [4.78, 5) is 47.5. The third-order valence-electron chi connectivity index (χ3n) is 7.59. The number of fused-ring (bicyclic) bond motifs is 4. The first kappa shape index (κ1) is 23.7. The molecule has 4 amide bonds. The van der Waals surface area contributed by atoms with Crippen molar-refractivity contribution < 1.29 is 19.1 Å². The zero-order chi connectivity index (χ0) is 25.9. The van der Waals surface area contributed by atoms with Crippen molar-refractivity contribution in [2.45, 2.75) is 38.5 Å². The number of para-hydroxylation sites is 2. The maximum absolute atomic E-state index is 14.6. The SMILES string of the molecule is C[C@@H]1O[C@@H](C)CN2c3cc(Cl)ccc3CC3(C(=O)N(c4ccccc4)C(=O)N(c4ccccc4)C3=O)[C@H]12. The quantitative estimate of drug-likeness (QED) is 0.446. The molecule has 1 spiro atoms. The van der Waals surface area contributed by atoms with Gasteiger partial charge in [-0.05, 0) is 62.2 Å². The second kappa shape index (κ2) is 8.71. The molecule has 0 saturated carbocycles. The number of carbonyl (C=O) groups is 3. The lowest BCUT2D eigenvalue weighted by molar-refractivity contribution is -0.150. The standard InChI is InChI=1S/C29H26ClN3O4/c1-18-17-31-24-15-21(30)14-13-20(24)16-29(25(31)19(2)37-18)26(34)32(22-9-5-3-6-10-22)28(36)33(27(29)35)23-11-7-4-8-12-23/h3-15,18-19,25H,16-17H2,1-2H3/t18-,19-,25-/m0/s1. The van der Waals surface area contributed by atoms with Gasteiger partial charge in [-0.2, -0.15) is 0 Å². The van der Waals surface area contributed by atoms with Gasteiger partial charge in [0.25, 0.3) is 11.8 Å². The summed E-state index contributed by atoms with van der Waals surface area (Å²) < 4.78 is 6.23. The number of urea groups is 1. The van der Waals surface area contributed by atoms with Crippen LogP contribution in [-0.2, 0) is 20.7 Å². The predicted molar refractivity (Wildman–Crippen MR) is 142 cm³/mol. The molecule has 2 saturated heterocycles. The smallest absolute Gasteiger partial charge is 0.342 e. The number of nitrogens with zero attached hydrogens (tertiary/aromatic N) is 3. The van der Waals surface area contributed by atoms with Crippen LogP contribution in [0.3, 0.4) is 0 Å². The Morgan fingerprint density at radius 3 is 1.97 bits per heavy atom. The van der Waals surface area contributed by atoms with Crippen molar-refractivity contribution in [1.82, 2.24) is 0 Å². The summed E-state index contributed by atoms with van der Waals surface area (Å²) in [6.45, 7) is 4.34. The van der Waals surface area contributed by atoms with E-state index in [-0.39, 0.29) is 12.5 Å². The van der Waals surface area contributed by atoms with Crippen molar-refractivity contribution in [3.63, 3.8) is 0 Å². The maximum atomic E-state index is 14.6. The highest BCUT2D eigenvalue weighted by Gasteiger charge is 2.67. The summed E-state index contributed by atoms with van der Waals surface area (Å²) in [6.07, 6.45) is -0.466. The van der Waals surface area contributed by atoms with Crippen molar-refractivity contribution in [3.8, 4) is 0 Å². The number of barbiturate groups is 1. The number of hydrogen-bond acceptors (Lipinski definition) is 5. The van der Waals surface area contributed by atoms with Crippen molar-refractivity contribution in [2.24, 2.45) is 5.41 Å². The van der Waals surface area contributed by atoms with E-state index in [9.17, 15) is 14.4 Å². The molecule has 0 N–H and O–H groups in total. The fourth-order valence-corrected chi connectivity index (χ4v) is 6.35. The number of ether oxygens (including phenoxy) is 1. The molecule has 3 aliphatic heterocycles. The molecule has 0 aromatic heterocycles. The fourth-order valence-electron chi connectivity index (χ4n) is 6.18. The van der Waals surface area contributed by atoms with Gasteiger partial charge in [-0.25, -0.2) is 14.6 Å². The number of amides is 4. The van der Waals surface area contributed by atoms with Gasteiger partial charge >= 0.3 is 6.03 Å². The van der Waals surface area contributed by atoms with Crippen LogP contribution in [-0.4, -0.2) is 42.6 Å². The minimum atomic E-state index is -1.60. The molecule has 0 aliphatic carbocycles. The summed E-state index contributed by atoms with van der Waals surface area (Å²) in [5.74, 6) is -1.08. The molecule has 7 nitrogen and oxygen atoms in total. The Morgan fingerprint density at radius 1 is 0.838 bits per heavy atom. The molecule has 6 rings (SSSR count). The van der Waals surface area contributed by atoms with Gasteiger partial charge in [0, 0.05) is 17.3 Å². The molecule has 3 aromatic rings. The van der Waals surface area contributed by atoms with Crippen molar-refractivity contribution in [3.05, 3.63) is 89.4 Å². The van der Waals surface area contributed by atoms with E-state index in [1.807, 2.05) is 38.1 Å². The second-order valence-electron chi connectivity index (χ2n) is 9.90. The molecule has 8 heteroatoms. The Kier molecular flexibility index (Phi) is 5.58. The number of morpholine rings is 1. The van der Waals surface area contributed by atoms with E-state index in [0.29, 0.717) is 22.9 Å². The minimum absolute atomic E-state index is 0.125. The molecule has 0 unspecified atom stereocenters. The number of anilines is 3. The first-order chi connectivity index (χ1) is 17.8. The monoisotopic (exact) mass is 515 g/mol. The topological polar surface area (TPSA) is 70.2 Å². The zero-order valence-electron chi connectivity index (χ0n) is 20.5. The summed E-state index contributed by atoms with van der Waals surface area (Å²) in [6, 6.07) is 21.7. The summed E-state index contributed by atoms with van der Waals surface area (Å²) in [7, 11) is 0. The lowest BCUT2D eigenvalue weighted by Crippen LogP contribution is -2.76. The van der Waals surface area contributed by atoms with E-state index in [1.54, 1.807) is 54.6 Å². The van der Waals surface area contributed by atoms with Crippen LogP contribution in [0.25, 0.3) is 0 Å². The molecule has 3 atom stereocenters. The van der Waals surface area contributed by atoms with E-state index in [1.165, 1.54) is 0 Å². The van der Waals surface area contributed by atoms with Crippen molar-refractivity contribution in [1.29, 1.82) is 0 Å². The highest BCUT2D eigenvalue weighted by Crippen LogP contribution is 2.50. The molecule has 0 radical (unpaired) electrons. The molecule has 0 bridgehead atoms. The number of halogens is 1. The number of benzene rings is 3. The van der Waals surface area contributed by atoms with Gasteiger partial charge < -0.3 is 9.64 Å². The lowest BCUT2D eigenvalue weighted by Gasteiger charge is -2.57. The Balaban J connectivity index is 1.61.